The summed E-state index contributed by atoms with van der Waals surface area (Å²) in [5.74, 6) is 0.751. The van der Waals surface area contributed by atoms with Gasteiger partial charge in [-0.1, -0.05) is 36.4 Å². The molecular weight excluding hydrogens is 566 g/mol. The molecule has 5 rings (SSSR count). The maximum Gasteiger partial charge on any atom is 0.221 e. The first kappa shape index (κ1) is 29.6. The van der Waals surface area contributed by atoms with Crippen molar-refractivity contribution >= 4 is 27.4 Å². The molecule has 3 aromatic carbocycles. The van der Waals surface area contributed by atoms with Gasteiger partial charge in [-0.05, 0) is 52.9 Å². The van der Waals surface area contributed by atoms with Gasteiger partial charge in [-0.2, -0.15) is 4.98 Å². The molecule has 1 aromatic heterocycles. The normalized spacial score (nSPS) is 14.9. The smallest absolute Gasteiger partial charge is 0.221 e. The van der Waals surface area contributed by atoms with E-state index in [0.717, 1.165) is 23.1 Å². The second-order valence-corrected chi connectivity index (χ2v) is 12.3. The lowest BCUT2D eigenvalue weighted by Gasteiger charge is -2.37. The van der Waals surface area contributed by atoms with Gasteiger partial charge in [-0.25, -0.2) is 13.4 Å². The van der Waals surface area contributed by atoms with Crippen molar-refractivity contribution in [1.29, 1.82) is 0 Å². The second-order valence-electron chi connectivity index (χ2n) is 10.3. The molecule has 0 radical (unpaired) electrons. The summed E-state index contributed by atoms with van der Waals surface area (Å²) in [6.45, 7) is 0.630. The van der Waals surface area contributed by atoms with E-state index < -0.39 is 9.84 Å². The number of hydrogen-bond donors (Lipinski definition) is 2. The number of ketones is 1. The third kappa shape index (κ3) is 6.31. The van der Waals surface area contributed by atoms with E-state index in [4.69, 9.17) is 20.9 Å². The molecular formula is C32H33N5O5S. The minimum Gasteiger partial charge on any atom is -0.493 e. The lowest BCUT2D eigenvalue weighted by atomic mass is 9.88. The quantitative estimate of drug-likeness (QED) is 0.213. The Bertz CT molecular complexity index is 1820. The maximum atomic E-state index is 13.7. The van der Waals surface area contributed by atoms with Gasteiger partial charge < -0.3 is 25.8 Å². The highest BCUT2D eigenvalue weighted by Gasteiger charge is 2.28. The monoisotopic (exact) mass is 599 g/mol. The Labute approximate surface area is 250 Å². The summed E-state index contributed by atoms with van der Waals surface area (Å²) in [4.78, 5) is 24.1. The number of hydrogen-bond acceptors (Lipinski definition) is 10. The van der Waals surface area contributed by atoms with Gasteiger partial charge in [-0.15, -0.1) is 0 Å². The van der Waals surface area contributed by atoms with E-state index >= 15 is 0 Å². The van der Waals surface area contributed by atoms with E-state index in [1.54, 1.807) is 42.7 Å². The molecule has 0 amide bonds. The summed E-state index contributed by atoms with van der Waals surface area (Å²) in [5.41, 5.74) is 16.5. The molecule has 11 heteroatoms. The summed E-state index contributed by atoms with van der Waals surface area (Å²) in [6.07, 6.45) is 7.14. The minimum atomic E-state index is -3.40. The number of aromatic nitrogens is 2. The van der Waals surface area contributed by atoms with Gasteiger partial charge in [0.15, 0.2) is 27.1 Å². The molecule has 4 aromatic rings. The van der Waals surface area contributed by atoms with Gasteiger partial charge in [-0.3, -0.25) is 4.79 Å². The van der Waals surface area contributed by atoms with Gasteiger partial charge >= 0.3 is 0 Å². The highest BCUT2D eigenvalue weighted by Crippen LogP contribution is 2.37. The molecule has 1 unspecified atom stereocenters. The topological polar surface area (TPSA) is 151 Å². The fourth-order valence-corrected chi connectivity index (χ4v) is 6.06. The van der Waals surface area contributed by atoms with Crippen LogP contribution in [-0.4, -0.2) is 56.1 Å². The van der Waals surface area contributed by atoms with Crippen LogP contribution in [0.25, 0.3) is 0 Å². The number of carbonyl (C=O) groups excluding carboxylic acids is 1. The predicted octanol–water partition coefficient (Wildman–Crippen LogP) is 4.00. The molecule has 2 heterocycles. The highest BCUT2D eigenvalue weighted by atomic mass is 32.2. The Morgan fingerprint density at radius 3 is 2.58 bits per heavy atom. The molecule has 0 fully saturated rings. The number of benzene rings is 3. The largest absolute Gasteiger partial charge is 0.493 e. The van der Waals surface area contributed by atoms with Crippen molar-refractivity contribution in [3.05, 3.63) is 113 Å². The van der Waals surface area contributed by atoms with E-state index in [9.17, 15) is 13.2 Å². The number of ether oxygens (including phenoxy) is 2. The van der Waals surface area contributed by atoms with Gasteiger partial charge in [0.2, 0.25) is 5.95 Å². The average Bonchev–Trinajstić information content (AvgIpc) is 3.00. The number of sulfone groups is 1. The van der Waals surface area contributed by atoms with Crippen molar-refractivity contribution in [3.63, 3.8) is 0 Å². The van der Waals surface area contributed by atoms with Crippen molar-refractivity contribution in [2.24, 2.45) is 0 Å². The lowest BCUT2D eigenvalue weighted by molar-refractivity contribution is 0.104. The number of carbonyl (C=O) groups is 1. The summed E-state index contributed by atoms with van der Waals surface area (Å²) in [5, 5.41) is 0. The molecule has 0 saturated heterocycles. The number of nitrogens with two attached hydrogens (primary N) is 2. The van der Waals surface area contributed by atoms with Crippen LogP contribution >= 0.6 is 0 Å². The zero-order valence-corrected chi connectivity index (χ0v) is 25.0. The van der Waals surface area contributed by atoms with E-state index in [0.29, 0.717) is 35.6 Å². The zero-order chi connectivity index (χ0) is 30.7. The first-order valence-electron chi connectivity index (χ1n) is 13.6. The SMILES string of the molecule is COc1cc(Cc2cnc(N)nc2N)cc(C(=O)C=CN2CCc3ccccc3C2c2cccc(S(C)(=O)=O)c2)c1OC. The zero-order valence-electron chi connectivity index (χ0n) is 24.2. The fourth-order valence-electron chi connectivity index (χ4n) is 5.38. The molecule has 0 spiro atoms. The predicted molar refractivity (Wildman–Crippen MR) is 165 cm³/mol. The molecule has 1 atom stereocenters. The number of nitrogen functional groups attached to an aromatic ring is 2. The standard InChI is InChI=1S/C32H33N5O5S/c1-41-28-17-20(15-23-19-35-32(34)36-31(23)33)16-26(30(28)42-2)27(38)12-14-37-13-11-21-7-4-5-10-25(21)29(37)22-8-6-9-24(18-22)43(3,39)40/h4-10,12,14,16-19,29H,11,13,15H2,1-3H3,(H4,33,34,35,36). The van der Waals surface area contributed by atoms with Crippen LogP contribution in [0.15, 0.2) is 84.0 Å². The van der Waals surface area contributed by atoms with Crippen LogP contribution in [0.5, 0.6) is 11.5 Å². The molecule has 4 N–H and O–H groups in total. The van der Waals surface area contributed by atoms with Crippen LogP contribution in [-0.2, 0) is 22.7 Å². The Kier molecular flexibility index (Phi) is 8.36. The average molecular weight is 600 g/mol. The van der Waals surface area contributed by atoms with Gasteiger partial charge in [0.05, 0.1) is 30.7 Å². The van der Waals surface area contributed by atoms with Crippen molar-refractivity contribution < 1.29 is 22.7 Å². The number of fused-ring (bicyclic) bond motifs is 1. The van der Waals surface area contributed by atoms with Crippen LogP contribution in [0.2, 0.25) is 0 Å². The summed E-state index contributed by atoms with van der Waals surface area (Å²) in [6, 6.07) is 18.3. The van der Waals surface area contributed by atoms with E-state index in [1.807, 2.05) is 24.3 Å². The first-order chi connectivity index (χ1) is 20.6. The molecule has 1 aliphatic heterocycles. The van der Waals surface area contributed by atoms with Crippen molar-refractivity contribution in [3.8, 4) is 11.5 Å². The molecule has 43 heavy (non-hydrogen) atoms. The second kappa shape index (κ2) is 12.1. The van der Waals surface area contributed by atoms with Crippen molar-refractivity contribution in [2.45, 2.75) is 23.8 Å². The highest BCUT2D eigenvalue weighted by molar-refractivity contribution is 7.90. The Hall–Kier alpha value is -4.90. The first-order valence-corrected chi connectivity index (χ1v) is 15.5. The van der Waals surface area contributed by atoms with E-state index in [1.165, 1.54) is 32.1 Å². The van der Waals surface area contributed by atoms with Gasteiger partial charge in [0, 0.05) is 43.3 Å². The number of nitrogens with zero attached hydrogens (tertiary/aromatic N) is 3. The van der Waals surface area contributed by atoms with Crippen molar-refractivity contribution in [1.82, 2.24) is 14.9 Å². The number of anilines is 2. The Balaban J connectivity index is 1.51. The Morgan fingerprint density at radius 1 is 1.07 bits per heavy atom. The number of allylic oxidation sites excluding steroid dienone is 1. The summed E-state index contributed by atoms with van der Waals surface area (Å²) in [7, 11) is -0.416. The van der Waals surface area contributed by atoms with E-state index in [-0.39, 0.29) is 28.5 Å². The molecule has 222 valence electrons. The molecule has 0 bridgehead atoms. The van der Waals surface area contributed by atoms with Crippen LogP contribution in [0.4, 0.5) is 11.8 Å². The van der Waals surface area contributed by atoms with E-state index in [2.05, 4.69) is 20.9 Å². The van der Waals surface area contributed by atoms with Crippen molar-refractivity contribution in [2.75, 3.05) is 38.5 Å². The fraction of sp³-hybridized carbons (Fsp3) is 0.219. The molecule has 0 aliphatic carbocycles. The molecule has 10 nitrogen and oxygen atoms in total. The van der Waals surface area contributed by atoms with Crippen LogP contribution < -0.4 is 20.9 Å². The summed E-state index contributed by atoms with van der Waals surface area (Å²) >= 11 is 0. The number of rotatable bonds is 9. The molecule has 1 aliphatic rings. The summed E-state index contributed by atoms with van der Waals surface area (Å²) < 4.78 is 35.8. The minimum absolute atomic E-state index is 0.0799. The Morgan fingerprint density at radius 2 is 1.86 bits per heavy atom. The number of methoxy groups -OCH3 is 2. The maximum absolute atomic E-state index is 13.7. The van der Waals surface area contributed by atoms with Gasteiger partial charge in [0.25, 0.3) is 0 Å². The van der Waals surface area contributed by atoms with Gasteiger partial charge in [0.1, 0.15) is 5.82 Å². The van der Waals surface area contributed by atoms with Crippen LogP contribution in [0.1, 0.15) is 44.2 Å². The lowest BCUT2D eigenvalue weighted by Crippen LogP contribution is -2.32. The molecule has 0 saturated carbocycles. The van der Waals surface area contributed by atoms with Crippen LogP contribution in [0.3, 0.4) is 0 Å². The third-order valence-electron chi connectivity index (χ3n) is 7.46. The third-order valence-corrected chi connectivity index (χ3v) is 8.57. The van der Waals surface area contributed by atoms with Crippen LogP contribution in [0, 0.1) is 0 Å².